The fourth-order valence-corrected chi connectivity index (χ4v) is 2.52. The molecule has 4 nitrogen and oxygen atoms in total. The van der Waals surface area contributed by atoms with Crippen LogP contribution in [0.3, 0.4) is 0 Å². The van der Waals surface area contributed by atoms with E-state index in [0.717, 1.165) is 19.4 Å². The van der Waals surface area contributed by atoms with Crippen LogP contribution in [-0.2, 0) is 4.74 Å². The third kappa shape index (κ3) is 3.41. The SMILES string of the molecule is COc1cc(F)c([C@H](C)N[C@@H]2CCCOC2)cc1OC. The molecule has 0 radical (unpaired) electrons. The number of halogens is 1. The van der Waals surface area contributed by atoms with Gasteiger partial charge in [-0.15, -0.1) is 0 Å². The Bertz CT molecular complexity index is 447. The van der Waals surface area contributed by atoms with Crippen LogP contribution in [-0.4, -0.2) is 33.5 Å². The average molecular weight is 283 g/mol. The summed E-state index contributed by atoms with van der Waals surface area (Å²) in [5.41, 5.74) is 0.577. The molecule has 1 N–H and O–H groups in total. The van der Waals surface area contributed by atoms with E-state index in [1.54, 1.807) is 13.2 Å². The zero-order valence-electron chi connectivity index (χ0n) is 12.2. The molecule has 1 fully saturated rings. The predicted molar refractivity (Wildman–Crippen MR) is 74.9 cm³/mol. The summed E-state index contributed by atoms with van der Waals surface area (Å²) >= 11 is 0. The second-order valence-corrected chi connectivity index (χ2v) is 5.03. The Morgan fingerprint density at radius 2 is 2.00 bits per heavy atom. The molecule has 0 bridgehead atoms. The van der Waals surface area contributed by atoms with Gasteiger partial charge < -0.3 is 19.5 Å². The molecular weight excluding hydrogens is 261 g/mol. The first-order chi connectivity index (χ1) is 9.65. The van der Waals surface area contributed by atoms with Gasteiger partial charge in [-0.25, -0.2) is 4.39 Å². The molecule has 1 aromatic carbocycles. The highest BCUT2D eigenvalue weighted by atomic mass is 19.1. The Balaban J connectivity index is 2.13. The lowest BCUT2D eigenvalue weighted by atomic mass is 10.0. The van der Waals surface area contributed by atoms with Crippen molar-refractivity contribution in [3.05, 3.63) is 23.5 Å². The molecular formula is C15H22FNO3. The highest BCUT2D eigenvalue weighted by molar-refractivity contribution is 5.44. The maximum Gasteiger partial charge on any atom is 0.163 e. The zero-order chi connectivity index (χ0) is 14.5. The largest absolute Gasteiger partial charge is 0.493 e. The van der Waals surface area contributed by atoms with Crippen LogP contribution in [0.4, 0.5) is 4.39 Å². The average Bonchev–Trinajstić information content (AvgIpc) is 2.47. The summed E-state index contributed by atoms with van der Waals surface area (Å²) < 4.78 is 29.9. The van der Waals surface area contributed by atoms with Crippen LogP contribution >= 0.6 is 0 Å². The van der Waals surface area contributed by atoms with Crippen molar-refractivity contribution < 1.29 is 18.6 Å². The number of hydrogen-bond acceptors (Lipinski definition) is 4. The first-order valence-corrected chi connectivity index (χ1v) is 6.91. The Labute approximate surface area is 119 Å². The Kier molecular flexibility index (Phi) is 5.20. The van der Waals surface area contributed by atoms with Gasteiger partial charge in [0.05, 0.1) is 20.8 Å². The van der Waals surface area contributed by atoms with E-state index in [0.29, 0.717) is 23.7 Å². The van der Waals surface area contributed by atoms with Gasteiger partial charge in [0.25, 0.3) is 0 Å². The number of rotatable bonds is 5. The molecule has 1 heterocycles. The van der Waals surface area contributed by atoms with E-state index in [9.17, 15) is 4.39 Å². The molecule has 2 atom stereocenters. The van der Waals surface area contributed by atoms with Gasteiger partial charge in [-0.05, 0) is 25.8 Å². The Morgan fingerprint density at radius 1 is 1.30 bits per heavy atom. The van der Waals surface area contributed by atoms with Gasteiger partial charge >= 0.3 is 0 Å². The molecule has 0 amide bonds. The highest BCUT2D eigenvalue weighted by Crippen LogP contribution is 2.32. The van der Waals surface area contributed by atoms with Gasteiger partial charge in [0.2, 0.25) is 0 Å². The Morgan fingerprint density at radius 3 is 2.60 bits per heavy atom. The predicted octanol–water partition coefficient (Wildman–Crippen LogP) is 2.67. The minimum atomic E-state index is -0.292. The summed E-state index contributed by atoms with van der Waals surface area (Å²) in [5.74, 6) is 0.652. The molecule has 112 valence electrons. The summed E-state index contributed by atoms with van der Waals surface area (Å²) in [6.45, 7) is 3.44. The van der Waals surface area contributed by atoms with Crippen molar-refractivity contribution in [3.8, 4) is 11.5 Å². The van der Waals surface area contributed by atoms with Crippen LogP contribution in [0.15, 0.2) is 12.1 Å². The number of methoxy groups -OCH3 is 2. The fraction of sp³-hybridized carbons (Fsp3) is 0.600. The van der Waals surface area contributed by atoms with Crippen molar-refractivity contribution >= 4 is 0 Å². The lowest BCUT2D eigenvalue weighted by Crippen LogP contribution is -2.38. The molecule has 0 saturated carbocycles. The second kappa shape index (κ2) is 6.90. The summed E-state index contributed by atoms with van der Waals surface area (Å²) in [6, 6.07) is 3.21. The minimum Gasteiger partial charge on any atom is -0.493 e. The molecule has 2 rings (SSSR count). The van der Waals surface area contributed by atoms with Crippen LogP contribution in [0.25, 0.3) is 0 Å². The summed E-state index contributed by atoms with van der Waals surface area (Å²) in [6.07, 6.45) is 2.10. The summed E-state index contributed by atoms with van der Waals surface area (Å²) in [7, 11) is 3.05. The van der Waals surface area contributed by atoms with E-state index in [1.165, 1.54) is 13.2 Å². The molecule has 0 aromatic heterocycles. The molecule has 0 unspecified atom stereocenters. The zero-order valence-corrected chi connectivity index (χ0v) is 12.2. The Hall–Kier alpha value is -1.33. The van der Waals surface area contributed by atoms with Crippen molar-refractivity contribution in [3.63, 3.8) is 0 Å². The van der Waals surface area contributed by atoms with E-state index in [-0.39, 0.29) is 17.9 Å². The molecule has 0 aliphatic carbocycles. The van der Waals surface area contributed by atoms with Crippen LogP contribution in [0.2, 0.25) is 0 Å². The van der Waals surface area contributed by atoms with E-state index in [2.05, 4.69) is 5.32 Å². The molecule has 1 aromatic rings. The minimum absolute atomic E-state index is 0.110. The van der Waals surface area contributed by atoms with Gasteiger partial charge in [0.1, 0.15) is 5.82 Å². The van der Waals surface area contributed by atoms with E-state index >= 15 is 0 Å². The third-order valence-corrected chi connectivity index (χ3v) is 3.62. The van der Waals surface area contributed by atoms with Gasteiger partial charge in [-0.1, -0.05) is 0 Å². The molecule has 1 aliphatic rings. The van der Waals surface area contributed by atoms with Gasteiger partial charge in [-0.2, -0.15) is 0 Å². The summed E-state index contributed by atoms with van der Waals surface area (Å²) in [5, 5.41) is 3.40. The first kappa shape index (κ1) is 15.1. The maximum atomic E-state index is 14.2. The van der Waals surface area contributed by atoms with Crippen molar-refractivity contribution in [2.24, 2.45) is 0 Å². The van der Waals surface area contributed by atoms with E-state index in [4.69, 9.17) is 14.2 Å². The monoisotopic (exact) mass is 283 g/mol. The number of hydrogen-bond donors (Lipinski definition) is 1. The van der Waals surface area contributed by atoms with E-state index in [1.807, 2.05) is 6.92 Å². The van der Waals surface area contributed by atoms with Crippen molar-refractivity contribution in [2.45, 2.75) is 31.8 Å². The molecule has 0 spiro atoms. The van der Waals surface area contributed by atoms with Crippen molar-refractivity contribution in [2.75, 3.05) is 27.4 Å². The number of nitrogens with one attached hydrogen (secondary N) is 1. The number of ether oxygens (including phenoxy) is 3. The standard InChI is InChI=1S/C15H22FNO3/c1-10(17-11-5-4-6-20-9-11)12-7-14(18-2)15(19-3)8-13(12)16/h7-8,10-11,17H,4-6,9H2,1-3H3/t10-,11+/m0/s1. The van der Waals surface area contributed by atoms with Gasteiger partial charge in [0.15, 0.2) is 11.5 Å². The molecule has 5 heteroatoms. The van der Waals surface area contributed by atoms with Gasteiger partial charge in [-0.3, -0.25) is 0 Å². The van der Waals surface area contributed by atoms with Crippen LogP contribution in [0, 0.1) is 5.82 Å². The quantitative estimate of drug-likeness (QED) is 0.902. The third-order valence-electron chi connectivity index (χ3n) is 3.62. The second-order valence-electron chi connectivity index (χ2n) is 5.03. The first-order valence-electron chi connectivity index (χ1n) is 6.91. The number of benzene rings is 1. The van der Waals surface area contributed by atoms with Crippen LogP contribution < -0.4 is 14.8 Å². The van der Waals surface area contributed by atoms with Gasteiger partial charge in [0, 0.05) is 30.3 Å². The van der Waals surface area contributed by atoms with Crippen molar-refractivity contribution in [1.29, 1.82) is 0 Å². The smallest absolute Gasteiger partial charge is 0.163 e. The lowest BCUT2D eigenvalue weighted by molar-refractivity contribution is 0.0669. The molecule has 20 heavy (non-hydrogen) atoms. The maximum absolute atomic E-state index is 14.2. The summed E-state index contributed by atoms with van der Waals surface area (Å²) in [4.78, 5) is 0. The fourth-order valence-electron chi connectivity index (χ4n) is 2.52. The van der Waals surface area contributed by atoms with E-state index < -0.39 is 0 Å². The normalized spacial score (nSPS) is 20.5. The topological polar surface area (TPSA) is 39.7 Å². The highest BCUT2D eigenvalue weighted by Gasteiger charge is 2.20. The van der Waals surface area contributed by atoms with Crippen LogP contribution in [0.5, 0.6) is 11.5 Å². The lowest BCUT2D eigenvalue weighted by Gasteiger charge is -2.27. The molecule has 1 saturated heterocycles. The van der Waals surface area contributed by atoms with Crippen molar-refractivity contribution in [1.82, 2.24) is 5.32 Å². The van der Waals surface area contributed by atoms with Crippen LogP contribution in [0.1, 0.15) is 31.4 Å². The molecule has 1 aliphatic heterocycles.